The summed E-state index contributed by atoms with van der Waals surface area (Å²) in [7, 11) is 0. The molecule has 11 heteroatoms. The van der Waals surface area contributed by atoms with E-state index >= 15 is 0 Å². The first-order valence-electron chi connectivity index (χ1n) is 16.3. The molecule has 0 aromatic heterocycles. The normalized spacial score (nSPS) is 19.3. The van der Waals surface area contributed by atoms with E-state index in [9.17, 15) is 24.0 Å². The largest absolute Gasteiger partial charge is 0.459 e. The zero-order chi connectivity index (χ0) is 36.3. The van der Waals surface area contributed by atoms with Crippen LogP contribution in [0.1, 0.15) is 51.8 Å². The van der Waals surface area contributed by atoms with Gasteiger partial charge in [-0.3, -0.25) is 0 Å². The molecule has 1 saturated heterocycles. The van der Waals surface area contributed by atoms with E-state index in [2.05, 4.69) is 0 Å². The summed E-state index contributed by atoms with van der Waals surface area (Å²) in [6, 6.07) is 40.0. The SMILES string of the molecule is O=C(OC[C@H]1O[C@H](OC(=O)c2ccccc2)[C@@H](OC(=O)c2ccccc2)[C@H](OC(=O)c2ccccc2)[C@H]1OC(=O)c1ccccc1)c1ccccc1. The fraction of sp³-hybridized carbons (Fsp3) is 0.146. The lowest BCUT2D eigenvalue weighted by atomic mass is 9.97. The van der Waals surface area contributed by atoms with Crippen LogP contribution in [-0.2, 0) is 28.4 Å². The average Bonchev–Trinajstić information content (AvgIpc) is 3.20. The van der Waals surface area contributed by atoms with Crippen LogP contribution >= 0.6 is 0 Å². The summed E-state index contributed by atoms with van der Waals surface area (Å²) in [6.45, 7) is -0.557. The second-order valence-corrected chi connectivity index (χ2v) is 11.5. The zero-order valence-corrected chi connectivity index (χ0v) is 27.5. The molecular weight excluding hydrogens is 668 g/mol. The molecule has 1 heterocycles. The number of carbonyl (C=O) groups is 5. The van der Waals surface area contributed by atoms with Crippen molar-refractivity contribution >= 4 is 29.8 Å². The van der Waals surface area contributed by atoms with Gasteiger partial charge < -0.3 is 28.4 Å². The average molecular weight is 701 g/mol. The van der Waals surface area contributed by atoms with Crippen molar-refractivity contribution in [2.75, 3.05) is 6.61 Å². The van der Waals surface area contributed by atoms with Gasteiger partial charge in [-0.25, -0.2) is 24.0 Å². The van der Waals surface area contributed by atoms with Gasteiger partial charge in [0.1, 0.15) is 12.7 Å². The van der Waals surface area contributed by atoms with Crippen LogP contribution in [0.4, 0.5) is 0 Å². The molecule has 1 fully saturated rings. The van der Waals surface area contributed by atoms with Gasteiger partial charge in [0.2, 0.25) is 12.4 Å². The minimum Gasteiger partial charge on any atom is -0.459 e. The Labute approximate surface area is 298 Å². The van der Waals surface area contributed by atoms with E-state index in [0.29, 0.717) is 0 Å². The van der Waals surface area contributed by atoms with Crippen molar-refractivity contribution < 1.29 is 52.4 Å². The molecule has 0 bridgehead atoms. The minimum atomic E-state index is -1.75. The first-order chi connectivity index (χ1) is 25.4. The number of carbonyl (C=O) groups excluding carboxylic acids is 5. The number of esters is 5. The Kier molecular flexibility index (Phi) is 11.4. The number of rotatable bonds is 11. The highest BCUT2D eigenvalue weighted by Gasteiger charge is 2.54. The minimum absolute atomic E-state index is 0.125. The fourth-order valence-electron chi connectivity index (χ4n) is 5.37. The maximum absolute atomic E-state index is 13.7. The maximum atomic E-state index is 13.7. The first kappa shape index (κ1) is 35.2. The third kappa shape index (κ3) is 8.76. The second-order valence-electron chi connectivity index (χ2n) is 11.5. The summed E-state index contributed by atoms with van der Waals surface area (Å²) in [6.07, 6.45) is -8.07. The molecule has 5 aromatic carbocycles. The van der Waals surface area contributed by atoms with Crippen LogP contribution in [-0.4, -0.2) is 67.2 Å². The molecule has 0 spiro atoms. The van der Waals surface area contributed by atoms with E-state index in [1.807, 2.05) is 0 Å². The number of hydrogen-bond acceptors (Lipinski definition) is 11. The summed E-state index contributed by atoms with van der Waals surface area (Å²) in [5, 5.41) is 0. The van der Waals surface area contributed by atoms with Crippen LogP contribution in [0.15, 0.2) is 152 Å². The van der Waals surface area contributed by atoms with Gasteiger partial charge in [0.05, 0.1) is 27.8 Å². The maximum Gasteiger partial charge on any atom is 0.340 e. The zero-order valence-electron chi connectivity index (χ0n) is 27.5. The molecule has 5 aromatic rings. The predicted molar refractivity (Wildman–Crippen MR) is 184 cm³/mol. The number of benzene rings is 5. The standard InChI is InChI=1S/C41H32O11/c42-36(27-16-6-1-7-17-27)47-26-32-33(49-37(43)28-18-8-2-9-19-28)34(50-38(44)29-20-10-3-11-21-29)35(51-39(45)30-22-12-4-13-23-30)41(48-32)52-40(46)31-24-14-5-15-25-31/h1-25,32-35,41H,26H2/t32-,33+,34-,35+,41-/m1/s1. The first-order valence-corrected chi connectivity index (χ1v) is 16.3. The molecule has 0 unspecified atom stereocenters. The molecule has 1 aliphatic rings. The lowest BCUT2D eigenvalue weighted by Crippen LogP contribution is -2.63. The van der Waals surface area contributed by atoms with Gasteiger partial charge in [-0.2, -0.15) is 0 Å². The van der Waals surface area contributed by atoms with E-state index in [4.69, 9.17) is 28.4 Å². The lowest BCUT2D eigenvalue weighted by Gasteiger charge is -2.43. The number of hydrogen-bond donors (Lipinski definition) is 0. The smallest absolute Gasteiger partial charge is 0.340 e. The number of ether oxygens (including phenoxy) is 6. The van der Waals surface area contributed by atoms with Crippen molar-refractivity contribution in [2.24, 2.45) is 0 Å². The van der Waals surface area contributed by atoms with Crippen molar-refractivity contribution in [3.8, 4) is 0 Å². The third-order valence-corrected chi connectivity index (χ3v) is 7.97. The second kappa shape index (κ2) is 16.9. The predicted octanol–water partition coefficient (Wildman–Crippen LogP) is 6.10. The summed E-state index contributed by atoms with van der Waals surface area (Å²) in [5.74, 6) is -4.19. The van der Waals surface area contributed by atoms with Gasteiger partial charge in [-0.05, 0) is 60.7 Å². The molecule has 0 N–H and O–H groups in total. The van der Waals surface area contributed by atoms with Gasteiger partial charge in [-0.15, -0.1) is 0 Å². The Bertz CT molecular complexity index is 1970. The van der Waals surface area contributed by atoms with Gasteiger partial charge in [-0.1, -0.05) is 91.0 Å². The molecule has 262 valence electrons. The monoisotopic (exact) mass is 700 g/mol. The Morgan fingerprint density at radius 1 is 0.385 bits per heavy atom. The molecule has 0 amide bonds. The quantitative estimate of drug-likeness (QED) is 0.117. The Morgan fingerprint density at radius 2 is 0.692 bits per heavy atom. The van der Waals surface area contributed by atoms with Crippen LogP contribution in [0.3, 0.4) is 0 Å². The van der Waals surface area contributed by atoms with E-state index in [1.54, 1.807) is 103 Å². The highest BCUT2D eigenvalue weighted by atomic mass is 16.7. The van der Waals surface area contributed by atoms with Crippen molar-refractivity contribution in [2.45, 2.75) is 30.7 Å². The molecule has 6 rings (SSSR count). The Morgan fingerprint density at radius 3 is 1.08 bits per heavy atom. The van der Waals surface area contributed by atoms with Crippen LogP contribution in [0.2, 0.25) is 0 Å². The van der Waals surface area contributed by atoms with Gasteiger partial charge in [0.15, 0.2) is 12.2 Å². The Balaban J connectivity index is 1.41. The van der Waals surface area contributed by atoms with Gasteiger partial charge >= 0.3 is 29.8 Å². The van der Waals surface area contributed by atoms with Crippen LogP contribution in [0.25, 0.3) is 0 Å². The summed E-state index contributed by atoms with van der Waals surface area (Å²) < 4.78 is 35.5. The highest BCUT2D eigenvalue weighted by Crippen LogP contribution is 2.32. The fourth-order valence-corrected chi connectivity index (χ4v) is 5.37. The van der Waals surface area contributed by atoms with Crippen molar-refractivity contribution in [1.29, 1.82) is 0 Å². The highest BCUT2D eigenvalue weighted by molar-refractivity contribution is 5.92. The lowest BCUT2D eigenvalue weighted by molar-refractivity contribution is -0.282. The van der Waals surface area contributed by atoms with E-state index in [0.717, 1.165) is 0 Å². The van der Waals surface area contributed by atoms with E-state index in [-0.39, 0.29) is 27.8 Å². The topological polar surface area (TPSA) is 141 Å². The summed E-state index contributed by atoms with van der Waals surface area (Å²) >= 11 is 0. The van der Waals surface area contributed by atoms with Crippen molar-refractivity contribution in [3.05, 3.63) is 179 Å². The van der Waals surface area contributed by atoms with E-state index < -0.39 is 67.2 Å². The van der Waals surface area contributed by atoms with Crippen LogP contribution in [0.5, 0.6) is 0 Å². The van der Waals surface area contributed by atoms with Crippen LogP contribution < -0.4 is 0 Å². The van der Waals surface area contributed by atoms with Gasteiger partial charge in [0.25, 0.3) is 0 Å². The summed E-state index contributed by atoms with van der Waals surface area (Å²) in [4.78, 5) is 67.4. The van der Waals surface area contributed by atoms with E-state index in [1.165, 1.54) is 48.5 Å². The molecule has 0 radical (unpaired) electrons. The molecule has 11 nitrogen and oxygen atoms in total. The molecule has 0 aliphatic carbocycles. The molecule has 5 atom stereocenters. The summed E-state index contributed by atoms with van der Waals surface area (Å²) in [5.41, 5.74) is 0.762. The van der Waals surface area contributed by atoms with Gasteiger partial charge in [0, 0.05) is 0 Å². The molecule has 0 saturated carbocycles. The van der Waals surface area contributed by atoms with Crippen LogP contribution in [0, 0.1) is 0 Å². The van der Waals surface area contributed by atoms with Crippen molar-refractivity contribution in [3.63, 3.8) is 0 Å². The third-order valence-electron chi connectivity index (χ3n) is 7.97. The molecular formula is C41H32O11. The molecule has 52 heavy (non-hydrogen) atoms. The van der Waals surface area contributed by atoms with Crippen molar-refractivity contribution in [1.82, 2.24) is 0 Å². The molecule has 1 aliphatic heterocycles. The Hall–Kier alpha value is -6.59.